The van der Waals surface area contributed by atoms with Crippen molar-refractivity contribution in [3.05, 3.63) is 78.4 Å². The first-order valence-electron chi connectivity index (χ1n) is 6.60. The largest absolute Gasteiger partial charge is 0.496 e. The number of methoxy groups -OCH3 is 1. The van der Waals surface area contributed by atoms with Crippen molar-refractivity contribution in [2.75, 3.05) is 7.11 Å². The van der Waals surface area contributed by atoms with Crippen LogP contribution in [0.1, 0.15) is 28.3 Å². The van der Waals surface area contributed by atoms with Crippen LogP contribution in [0.15, 0.2) is 67.3 Å². The third kappa shape index (κ3) is 3.15. The van der Waals surface area contributed by atoms with Gasteiger partial charge >= 0.3 is 0 Å². The van der Waals surface area contributed by atoms with Crippen LogP contribution in [0.3, 0.4) is 0 Å². The zero-order chi connectivity index (χ0) is 14.4. The van der Waals surface area contributed by atoms with E-state index in [9.17, 15) is 4.79 Å². The van der Waals surface area contributed by atoms with Gasteiger partial charge in [0.15, 0.2) is 5.78 Å². The summed E-state index contributed by atoms with van der Waals surface area (Å²) in [6.45, 7) is 3.84. The number of para-hydroxylation sites is 1. The van der Waals surface area contributed by atoms with Gasteiger partial charge in [-0.05, 0) is 17.7 Å². The van der Waals surface area contributed by atoms with Gasteiger partial charge in [-0.3, -0.25) is 4.79 Å². The van der Waals surface area contributed by atoms with E-state index in [1.54, 1.807) is 19.2 Å². The summed E-state index contributed by atoms with van der Waals surface area (Å²) < 4.78 is 5.24. The number of carbonyl (C=O) groups excluding carboxylic acids is 1. The summed E-state index contributed by atoms with van der Waals surface area (Å²) in [5.74, 6) is 0.707. The third-order valence-electron chi connectivity index (χ3n) is 3.32. The molecule has 0 spiro atoms. The van der Waals surface area contributed by atoms with Crippen LogP contribution < -0.4 is 4.74 Å². The molecular weight excluding hydrogens is 248 g/mol. The van der Waals surface area contributed by atoms with Gasteiger partial charge in [0.1, 0.15) is 5.75 Å². The van der Waals surface area contributed by atoms with Crippen LogP contribution in [0.2, 0.25) is 0 Å². The molecule has 0 aliphatic rings. The Kier molecular flexibility index (Phi) is 4.72. The third-order valence-corrected chi connectivity index (χ3v) is 3.32. The van der Waals surface area contributed by atoms with E-state index < -0.39 is 0 Å². The van der Waals surface area contributed by atoms with Crippen LogP contribution in [0.25, 0.3) is 0 Å². The molecule has 1 unspecified atom stereocenters. The van der Waals surface area contributed by atoms with Crippen molar-refractivity contribution in [1.29, 1.82) is 0 Å². The standard InChI is InChI=1S/C18H18O2/c1-3-14(15-9-5-4-6-10-15)13-17(19)16-11-7-8-12-18(16)20-2/h3-12,14H,1,13H2,2H3. The second-order valence-electron chi connectivity index (χ2n) is 4.58. The molecule has 2 rings (SSSR count). The number of allylic oxidation sites excluding steroid dienone is 1. The lowest BCUT2D eigenvalue weighted by Crippen LogP contribution is -2.07. The summed E-state index contributed by atoms with van der Waals surface area (Å²) in [5.41, 5.74) is 1.73. The monoisotopic (exact) mass is 266 g/mol. The molecular formula is C18H18O2. The molecule has 0 radical (unpaired) electrons. The SMILES string of the molecule is C=CC(CC(=O)c1ccccc1OC)c1ccccc1. The van der Waals surface area contributed by atoms with E-state index in [1.165, 1.54) is 0 Å². The van der Waals surface area contributed by atoms with E-state index in [0.717, 1.165) is 5.56 Å². The van der Waals surface area contributed by atoms with Crippen molar-refractivity contribution in [3.8, 4) is 5.75 Å². The minimum absolute atomic E-state index is 0.0219. The van der Waals surface area contributed by atoms with Crippen LogP contribution >= 0.6 is 0 Å². The number of rotatable bonds is 6. The second kappa shape index (κ2) is 6.71. The van der Waals surface area contributed by atoms with Crippen LogP contribution in [-0.2, 0) is 0 Å². The van der Waals surface area contributed by atoms with Crippen molar-refractivity contribution in [1.82, 2.24) is 0 Å². The molecule has 0 aliphatic carbocycles. The maximum absolute atomic E-state index is 12.4. The van der Waals surface area contributed by atoms with E-state index in [-0.39, 0.29) is 11.7 Å². The van der Waals surface area contributed by atoms with Crippen LogP contribution in [0.5, 0.6) is 5.75 Å². The van der Waals surface area contributed by atoms with Gasteiger partial charge in [-0.25, -0.2) is 0 Å². The highest BCUT2D eigenvalue weighted by Crippen LogP contribution is 2.26. The molecule has 0 fully saturated rings. The summed E-state index contributed by atoms with van der Waals surface area (Å²) in [6.07, 6.45) is 2.22. The second-order valence-corrected chi connectivity index (χ2v) is 4.58. The summed E-state index contributed by atoms with van der Waals surface area (Å²) in [5, 5.41) is 0. The van der Waals surface area contributed by atoms with Crippen molar-refractivity contribution < 1.29 is 9.53 Å². The Hall–Kier alpha value is -2.35. The van der Waals surface area contributed by atoms with Crippen LogP contribution in [-0.4, -0.2) is 12.9 Å². The number of carbonyl (C=O) groups is 1. The first kappa shape index (κ1) is 14.1. The Bertz CT molecular complexity index is 587. The predicted molar refractivity (Wildman–Crippen MR) is 81.3 cm³/mol. The molecule has 2 nitrogen and oxygen atoms in total. The topological polar surface area (TPSA) is 26.3 Å². The molecule has 0 saturated carbocycles. The first-order chi connectivity index (χ1) is 9.76. The van der Waals surface area contributed by atoms with Gasteiger partial charge in [0, 0.05) is 12.3 Å². The Morgan fingerprint density at radius 1 is 1.15 bits per heavy atom. The van der Waals surface area contributed by atoms with Gasteiger partial charge in [0.05, 0.1) is 12.7 Å². The highest BCUT2D eigenvalue weighted by molar-refractivity contribution is 5.99. The van der Waals surface area contributed by atoms with Crippen LogP contribution in [0, 0.1) is 0 Å². The number of Topliss-reactive ketones (excluding diaryl/α,β-unsaturated/α-hetero) is 1. The fourth-order valence-electron chi connectivity index (χ4n) is 2.22. The van der Waals surface area contributed by atoms with Crippen LogP contribution in [0.4, 0.5) is 0 Å². The zero-order valence-corrected chi connectivity index (χ0v) is 11.6. The van der Waals surface area contributed by atoms with Crippen molar-refractivity contribution >= 4 is 5.78 Å². The average Bonchev–Trinajstić information content (AvgIpc) is 2.53. The Morgan fingerprint density at radius 3 is 2.45 bits per heavy atom. The highest BCUT2D eigenvalue weighted by atomic mass is 16.5. The Morgan fingerprint density at radius 2 is 1.80 bits per heavy atom. The first-order valence-corrected chi connectivity index (χ1v) is 6.60. The van der Waals surface area contributed by atoms with E-state index in [4.69, 9.17) is 4.74 Å². The van der Waals surface area contributed by atoms with Gasteiger partial charge in [-0.15, -0.1) is 6.58 Å². The van der Waals surface area contributed by atoms with E-state index in [0.29, 0.717) is 17.7 Å². The van der Waals surface area contributed by atoms with E-state index >= 15 is 0 Å². The minimum Gasteiger partial charge on any atom is -0.496 e. The van der Waals surface area contributed by atoms with Crippen molar-refractivity contribution in [2.45, 2.75) is 12.3 Å². The normalized spacial score (nSPS) is 11.7. The number of ether oxygens (including phenoxy) is 1. The molecule has 0 saturated heterocycles. The quantitative estimate of drug-likeness (QED) is 0.577. The molecule has 0 N–H and O–H groups in total. The lowest BCUT2D eigenvalue weighted by atomic mass is 9.91. The maximum Gasteiger partial charge on any atom is 0.167 e. The Balaban J connectivity index is 2.20. The van der Waals surface area contributed by atoms with E-state index in [2.05, 4.69) is 6.58 Å². The van der Waals surface area contributed by atoms with Gasteiger partial charge in [-0.1, -0.05) is 48.5 Å². The maximum atomic E-state index is 12.4. The highest BCUT2D eigenvalue weighted by Gasteiger charge is 2.17. The molecule has 2 aromatic rings. The Labute approximate surface area is 119 Å². The van der Waals surface area contributed by atoms with Gasteiger partial charge in [0.2, 0.25) is 0 Å². The molecule has 102 valence electrons. The molecule has 0 aliphatic heterocycles. The molecule has 20 heavy (non-hydrogen) atoms. The van der Waals surface area contributed by atoms with Gasteiger partial charge < -0.3 is 4.74 Å². The van der Waals surface area contributed by atoms with E-state index in [1.807, 2.05) is 48.5 Å². The predicted octanol–water partition coefficient (Wildman–Crippen LogP) is 4.24. The molecule has 2 heteroatoms. The van der Waals surface area contributed by atoms with Crippen molar-refractivity contribution in [3.63, 3.8) is 0 Å². The molecule has 0 amide bonds. The lowest BCUT2D eigenvalue weighted by Gasteiger charge is -2.13. The lowest BCUT2D eigenvalue weighted by molar-refractivity contribution is 0.0975. The van der Waals surface area contributed by atoms with Gasteiger partial charge in [0.25, 0.3) is 0 Å². The molecule has 1 atom stereocenters. The number of hydrogen-bond donors (Lipinski definition) is 0. The van der Waals surface area contributed by atoms with Crippen molar-refractivity contribution in [2.24, 2.45) is 0 Å². The number of hydrogen-bond acceptors (Lipinski definition) is 2. The number of ketones is 1. The molecule has 0 bridgehead atoms. The number of benzene rings is 2. The molecule has 2 aromatic carbocycles. The minimum atomic E-state index is 0.0219. The zero-order valence-electron chi connectivity index (χ0n) is 11.6. The summed E-state index contributed by atoms with van der Waals surface area (Å²) in [4.78, 5) is 12.4. The summed E-state index contributed by atoms with van der Waals surface area (Å²) in [7, 11) is 1.58. The average molecular weight is 266 g/mol. The fraction of sp³-hybridized carbons (Fsp3) is 0.167. The molecule has 0 aromatic heterocycles. The fourth-order valence-corrected chi connectivity index (χ4v) is 2.22. The summed E-state index contributed by atoms with van der Waals surface area (Å²) >= 11 is 0. The molecule has 0 heterocycles. The smallest absolute Gasteiger partial charge is 0.167 e. The summed E-state index contributed by atoms with van der Waals surface area (Å²) in [6, 6.07) is 17.2. The van der Waals surface area contributed by atoms with Gasteiger partial charge in [-0.2, -0.15) is 0 Å².